The number of carbonyl (C=O) groups is 2. The first-order chi connectivity index (χ1) is 13.4. The van der Waals surface area contributed by atoms with E-state index in [1.807, 2.05) is 36.4 Å². The van der Waals surface area contributed by atoms with E-state index in [0.29, 0.717) is 12.8 Å². The quantitative estimate of drug-likeness (QED) is 0.590. The summed E-state index contributed by atoms with van der Waals surface area (Å²) in [5.41, 5.74) is -0.265. The van der Waals surface area contributed by atoms with Crippen LogP contribution in [-0.2, 0) is 14.0 Å². The van der Waals surface area contributed by atoms with Crippen LogP contribution in [0.25, 0.3) is 0 Å². The first-order valence-electron chi connectivity index (χ1n) is 9.99. The average Bonchev–Trinajstić information content (AvgIpc) is 3.19. The maximum absolute atomic E-state index is 13.1. The van der Waals surface area contributed by atoms with Crippen molar-refractivity contribution < 1.29 is 14.0 Å². The van der Waals surface area contributed by atoms with Gasteiger partial charge < -0.3 is 4.43 Å². The monoisotopic (exact) mass is 393 g/mol. The van der Waals surface area contributed by atoms with Crippen molar-refractivity contribution in [2.45, 2.75) is 45.8 Å². The van der Waals surface area contributed by atoms with Gasteiger partial charge in [0.15, 0.2) is 0 Å². The minimum atomic E-state index is -2.00. The fourth-order valence-corrected chi connectivity index (χ4v) is 7.11. The van der Waals surface area contributed by atoms with E-state index in [2.05, 4.69) is 45.0 Å². The highest BCUT2D eigenvalue weighted by Crippen LogP contribution is 2.44. The summed E-state index contributed by atoms with van der Waals surface area (Å²) in [4.78, 5) is 27.0. The molecule has 2 aliphatic rings. The van der Waals surface area contributed by atoms with E-state index in [1.54, 1.807) is 0 Å². The summed E-state index contributed by atoms with van der Waals surface area (Å²) < 4.78 is 6.88. The summed E-state index contributed by atoms with van der Waals surface area (Å²) >= 11 is 0. The smallest absolute Gasteiger partial charge is 0.240 e. The van der Waals surface area contributed by atoms with Crippen molar-refractivity contribution in [2.24, 2.45) is 11.3 Å². The van der Waals surface area contributed by atoms with Gasteiger partial charge in [0, 0.05) is 6.42 Å². The molecule has 2 saturated heterocycles. The van der Waals surface area contributed by atoms with Gasteiger partial charge in [-0.2, -0.15) is 0 Å². The van der Waals surface area contributed by atoms with Crippen molar-refractivity contribution in [2.75, 3.05) is 0 Å². The molecule has 4 rings (SSSR count). The fourth-order valence-electron chi connectivity index (χ4n) is 4.61. The summed E-state index contributed by atoms with van der Waals surface area (Å²) in [6, 6.07) is 20.5. The molecule has 5 heteroatoms. The fraction of sp³-hybridized carbons (Fsp3) is 0.391. The van der Waals surface area contributed by atoms with Gasteiger partial charge in [-0.3, -0.25) is 14.5 Å². The van der Waals surface area contributed by atoms with E-state index in [9.17, 15) is 9.59 Å². The number of nitrogens with zero attached hydrogens (tertiary/aromatic N) is 1. The van der Waals surface area contributed by atoms with Gasteiger partial charge in [-0.05, 0) is 22.2 Å². The lowest BCUT2D eigenvalue weighted by atomic mass is 9.77. The second-order valence-electron chi connectivity index (χ2n) is 8.85. The van der Waals surface area contributed by atoms with Gasteiger partial charge in [0.05, 0.1) is 18.1 Å². The van der Waals surface area contributed by atoms with E-state index in [-0.39, 0.29) is 35.3 Å². The third-order valence-corrected chi connectivity index (χ3v) is 8.46. The van der Waals surface area contributed by atoms with E-state index in [0.717, 1.165) is 0 Å². The molecule has 2 aromatic rings. The van der Waals surface area contributed by atoms with Gasteiger partial charge in [0.25, 0.3) is 0 Å². The molecule has 0 radical (unpaired) electrons. The number of carbonyl (C=O) groups excluding carboxylic acids is 2. The molecule has 3 unspecified atom stereocenters. The third-order valence-electron chi connectivity index (χ3n) is 5.90. The van der Waals surface area contributed by atoms with Crippen LogP contribution in [-0.4, -0.2) is 37.9 Å². The average molecular weight is 394 g/mol. The largest absolute Gasteiger partial charge is 0.405 e. The Hall–Kier alpha value is -2.24. The van der Waals surface area contributed by atoms with Gasteiger partial charge in [0.1, 0.15) is 0 Å². The lowest BCUT2D eigenvalue weighted by Crippen LogP contribution is -2.51. The molecular formula is C23H27NO3Si. The molecule has 0 saturated carbocycles. The minimum Gasteiger partial charge on any atom is -0.405 e. The van der Waals surface area contributed by atoms with Crippen molar-refractivity contribution in [3.63, 3.8) is 0 Å². The van der Waals surface area contributed by atoms with Crippen LogP contribution in [0.5, 0.6) is 0 Å². The van der Waals surface area contributed by atoms with Crippen LogP contribution in [0.2, 0.25) is 0 Å². The number of imide groups is 1. The zero-order valence-electron chi connectivity index (χ0n) is 16.7. The molecule has 2 amide bonds. The molecular weight excluding hydrogens is 366 g/mol. The van der Waals surface area contributed by atoms with E-state index < -0.39 is 9.04 Å². The summed E-state index contributed by atoms with van der Waals surface area (Å²) in [6.07, 6.45) is 0.888. The first-order valence-corrected chi connectivity index (χ1v) is 11.6. The van der Waals surface area contributed by atoms with E-state index >= 15 is 0 Å². The number of hydrogen-bond acceptors (Lipinski definition) is 3. The summed E-state index contributed by atoms with van der Waals surface area (Å²) in [5, 5.41) is 2.38. The normalized spacial score (nSPS) is 24.9. The number of fused-ring (bicyclic) bond motifs is 1. The molecule has 0 bridgehead atoms. The molecule has 3 atom stereocenters. The van der Waals surface area contributed by atoms with Gasteiger partial charge >= 0.3 is 0 Å². The Kier molecular flexibility index (Phi) is 4.98. The molecule has 2 aliphatic heterocycles. The molecule has 2 aromatic carbocycles. The van der Waals surface area contributed by atoms with Crippen LogP contribution < -0.4 is 10.4 Å². The molecule has 0 aromatic heterocycles. The van der Waals surface area contributed by atoms with E-state index in [1.165, 1.54) is 15.3 Å². The van der Waals surface area contributed by atoms with Crippen LogP contribution in [0.3, 0.4) is 0 Å². The first kappa shape index (κ1) is 19.1. The molecule has 28 heavy (non-hydrogen) atoms. The Bertz CT molecular complexity index is 823. The summed E-state index contributed by atoms with van der Waals surface area (Å²) in [7, 11) is -2.00. The molecule has 2 fully saturated rings. The maximum Gasteiger partial charge on any atom is 0.240 e. The Morgan fingerprint density at radius 2 is 1.46 bits per heavy atom. The molecule has 2 heterocycles. The highest BCUT2D eigenvalue weighted by atomic mass is 28.3. The summed E-state index contributed by atoms with van der Waals surface area (Å²) in [5.74, 6) is -0.406. The van der Waals surface area contributed by atoms with Crippen LogP contribution >= 0.6 is 0 Å². The van der Waals surface area contributed by atoms with Crippen molar-refractivity contribution in [1.82, 2.24) is 4.90 Å². The maximum atomic E-state index is 13.1. The van der Waals surface area contributed by atoms with Crippen LogP contribution in [0.1, 0.15) is 33.6 Å². The Morgan fingerprint density at radius 3 is 1.96 bits per heavy atom. The Labute approximate surface area is 168 Å². The predicted octanol–water partition coefficient (Wildman–Crippen LogP) is 2.10. The van der Waals surface area contributed by atoms with Crippen LogP contribution in [0, 0.1) is 11.3 Å². The molecule has 0 N–H and O–H groups in total. The number of hydrogen-bond donors (Lipinski definition) is 0. The number of amides is 2. The van der Waals surface area contributed by atoms with Crippen molar-refractivity contribution in [3.05, 3.63) is 60.7 Å². The highest BCUT2D eigenvalue weighted by Gasteiger charge is 2.57. The van der Waals surface area contributed by atoms with Crippen molar-refractivity contribution in [3.8, 4) is 0 Å². The second-order valence-corrected chi connectivity index (χ2v) is 11.2. The zero-order valence-corrected chi connectivity index (χ0v) is 17.8. The lowest BCUT2D eigenvalue weighted by molar-refractivity contribution is -0.143. The standard InChI is InChI=1S/C23H27NO3Si/c1-23(2,3)20-21(18-14-15-19(25)24(18)22(20)26)27-28(16-10-6-4-7-11-16)17-12-8-5-9-13-17/h4-13,18,20-21,28H,14-15H2,1-3H3. The minimum absolute atomic E-state index is 0.0482. The summed E-state index contributed by atoms with van der Waals surface area (Å²) in [6.45, 7) is 6.21. The second kappa shape index (κ2) is 7.30. The topological polar surface area (TPSA) is 46.6 Å². The molecule has 4 nitrogen and oxygen atoms in total. The molecule has 0 aliphatic carbocycles. The predicted molar refractivity (Wildman–Crippen MR) is 112 cm³/mol. The van der Waals surface area contributed by atoms with Gasteiger partial charge in [-0.25, -0.2) is 0 Å². The molecule has 146 valence electrons. The number of benzene rings is 2. The highest BCUT2D eigenvalue weighted by molar-refractivity contribution is 6.80. The van der Waals surface area contributed by atoms with Crippen LogP contribution in [0.4, 0.5) is 0 Å². The Balaban J connectivity index is 1.74. The Morgan fingerprint density at radius 1 is 0.929 bits per heavy atom. The lowest BCUT2D eigenvalue weighted by Gasteiger charge is -2.34. The van der Waals surface area contributed by atoms with Gasteiger partial charge in [-0.1, -0.05) is 81.4 Å². The van der Waals surface area contributed by atoms with Crippen LogP contribution in [0.15, 0.2) is 60.7 Å². The molecule has 0 spiro atoms. The number of rotatable bonds is 4. The van der Waals surface area contributed by atoms with E-state index in [4.69, 9.17) is 4.43 Å². The zero-order chi connectivity index (χ0) is 19.9. The third kappa shape index (κ3) is 3.33. The van der Waals surface area contributed by atoms with Gasteiger partial charge in [-0.15, -0.1) is 0 Å². The van der Waals surface area contributed by atoms with Crippen molar-refractivity contribution in [1.29, 1.82) is 0 Å². The SMILES string of the molecule is CC(C)(C)C1C(=O)N2C(=O)CCC2C1O[SiH](c1ccccc1)c1ccccc1. The van der Waals surface area contributed by atoms with Gasteiger partial charge in [0.2, 0.25) is 20.9 Å². The van der Waals surface area contributed by atoms with Crippen molar-refractivity contribution >= 4 is 31.2 Å².